The van der Waals surface area contributed by atoms with Crippen molar-refractivity contribution in [1.82, 2.24) is 5.32 Å². The van der Waals surface area contributed by atoms with Gasteiger partial charge in [0, 0.05) is 17.8 Å². The Labute approximate surface area is 157 Å². The van der Waals surface area contributed by atoms with Gasteiger partial charge in [-0.05, 0) is 48.9 Å². The summed E-state index contributed by atoms with van der Waals surface area (Å²) in [5.74, 6) is -0.188. The van der Waals surface area contributed by atoms with Crippen molar-refractivity contribution in [2.24, 2.45) is 0 Å². The molecular weight excluding hydrogens is 383 g/mol. The molecule has 0 aliphatic carbocycles. The van der Waals surface area contributed by atoms with E-state index in [-0.39, 0.29) is 20.8 Å². The zero-order valence-corrected chi connectivity index (χ0v) is 15.9. The lowest BCUT2D eigenvalue weighted by atomic mass is 10.2. The van der Waals surface area contributed by atoms with Gasteiger partial charge in [-0.1, -0.05) is 36.5 Å². The van der Waals surface area contributed by atoms with Gasteiger partial charge < -0.3 is 5.32 Å². The smallest absolute Gasteiger partial charge is 0.261 e. The molecule has 0 radical (unpaired) electrons. The van der Waals surface area contributed by atoms with Crippen LogP contribution in [0.25, 0.3) is 0 Å². The SMILES string of the molecule is CCCCNC(=O)c1ccc(NS(=O)(=O)c2ccc(Cl)c(Cl)c2)cc1. The number of anilines is 1. The van der Waals surface area contributed by atoms with Crippen LogP contribution in [0.3, 0.4) is 0 Å². The van der Waals surface area contributed by atoms with Crippen LogP contribution in [0, 0.1) is 0 Å². The summed E-state index contributed by atoms with van der Waals surface area (Å²) in [5.41, 5.74) is 0.810. The van der Waals surface area contributed by atoms with E-state index in [2.05, 4.69) is 10.0 Å². The summed E-state index contributed by atoms with van der Waals surface area (Å²) < 4.78 is 27.2. The Morgan fingerprint density at radius 2 is 1.72 bits per heavy atom. The van der Waals surface area contributed by atoms with Crippen molar-refractivity contribution >= 4 is 44.8 Å². The predicted octanol–water partition coefficient (Wildman–Crippen LogP) is 4.32. The molecule has 0 heterocycles. The minimum Gasteiger partial charge on any atom is -0.352 e. The van der Waals surface area contributed by atoms with Gasteiger partial charge in [0.2, 0.25) is 0 Å². The van der Waals surface area contributed by atoms with Crippen LogP contribution in [-0.4, -0.2) is 20.9 Å². The molecule has 0 fully saturated rings. The fourth-order valence-corrected chi connectivity index (χ4v) is 3.48. The first-order valence-electron chi connectivity index (χ1n) is 7.69. The Hall–Kier alpha value is -1.76. The lowest BCUT2D eigenvalue weighted by Crippen LogP contribution is -2.24. The third-order valence-corrected chi connectivity index (χ3v) is 5.53. The topological polar surface area (TPSA) is 75.3 Å². The van der Waals surface area contributed by atoms with E-state index < -0.39 is 10.0 Å². The molecule has 5 nitrogen and oxygen atoms in total. The highest BCUT2D eigenvalue weighted by atomic mass is 35.5. The van der Waals surface area contributed by atoms with Crippen molar-refractivity contribution in [1.29, 1.82) is 0 Å². The average molecular weight is 401 g/mol. The van der Waals surface area contributed by atoms with E-state index in [1.54, 1.807) is 12.1 Å². The first-order chi connectivity index (χ1) is 11.8. The molecule has 2 aromatic carbocycles. The van der Waals surface area contributed by atoms with Crippen molar-refractivity contribution in [2.45, 2.75) is 24.7 Å². The predicted molar refractivity (Wildman–Crippen MR) is 101 cm³/mol. The van der Waals surface area contributed by atoms with Crippen LogP contribution in [0.4, 0.5) is 5.69 Å². The molecule has 0 bridgehead atoms. The zero-order chi connectivity index (χ0) is 18.4. The monoisotopic (exact) mass is 400 g/mol. The first-order valence-corrected chi connectivity index (χ1v) is 9.93. The lowest BCUT2D eigenvalue weighted by molar-refractivity contribution is 0.0953. The maximum atomic E-state index is 12.4. The molecule has 25 heavy (non-hydrogen) atoms. The molecule has 1 amide bonds. The number of unbranched alkanes of at least 4 members (excludes halogenated alkanes) is 1. The second-order valence-electron chi connectivity index (χ2n) is 5.37. The Morgan fingerprint density at radius 3 is 2.32 bits per heavy atom. The standard InChI is InChI=1S/C17H18Cl2N2O3S/c1-2-3-10-20-17(22)12-4-6-13(7-5-12)21-25(23,24)14-8-9-15(18)16(19)11-14/h4-9,11,21H,2-3,10H2,1H3,(H,20,22). The van der Waals surface area contributed by atoms with Crippen LogP contribution in [-0.2, 0) is 10.0 Å². The number of hydrogen-bond donors (Lipinski definition) is 2. The number of carbonyl (C=O) groups excluding carboxylic acids is 1. The summed E-state index contributed by atoms with van der Waals surface area (Å²) in [7, 11) is -3.80. The average Bonchev–Trinajstić information content (AvgIpc) is 2.57. The number of rotatable bonds is 7. The maximum Gasteiger partial charge on any atom is 0.261 e. The molecule has 2 aromatic rings. The number of benzene rings is 2. The van der Waals surface area contributed by atoms with Gasteiger partial charge in [0.15, 0.2) is 0 Å². The molecule has 0 atom stereocenters. The normalized spacial score (nSPS) is 11.2. The molecule has 0 aliphatic heterocycles. The van der Waals surface area contributed by atoms with Crippen molar-refractivity contribution in [2.75, 3.05) is 11.3 Å². The Morgan fingerprint density at radius 1 is 1.04 bits per heavy atom. The molecule has 134 valence electrons. The van der Waals surface area contributed by atoms with Crippen molar-refractivity contribution < 1.29 is 13.2 Å². The molecule has 8 heteroatoms. The minimum atomic E-state index is -3.80. The second kappa shape index (κ2) is 8.56. The molecule has 0 saturated carbocycles. The number of hydrogen-bond acceptors (Lipinski definition) is 3. The van der Waals surface area contributed by atoms with Crippen LogP contribution in [0.15, 0.2) is 47.4 Å². The quantitative estimate of drug-likeness (QED) is 0.679. The molecule has 0 spiro atoms. The number of amides is 1. The molecule has 0 aromatic heterocycles. The van der Waals surface area contributed by atoms with Gasteiger partial charge in [0.1, 0.15) is 0 Å². The Kier molecular flexibility index (Phi) is 6.70. The zero-order valence-electron chi connectivity index (χ0n) is 13.6. The summed E-state index contributed by atoms with van der Waals surface area (Å²) in [6, 6.07) is 10.3. The van der Waals surface area contributed by atoms with Gasteiger partial charge in [-0.2, -0.15) is 0 Å². The van der Waals surface area contributed by atoms with E-state index in [4.69, 9.17) is 23.2 Å². The van der Waals surface area contributed by atoms with Crippen molar-refractivity contribution in [3.8, 4) is 0 Å². The number of nitrogens with one attached hydrogen (secondary N) is 2. The van der Waals surface area contributed by atoms with E-state index >= 15 is 0 Å². The number of halogens is 2. The Bertz CT molecular complexity index is 853. The summed E-state index contributed by atoms with van der Waals surface area (Å²) in [5, 5.41) is 3.23. The molecular formula is C17H18Cl2N2O3S. The van der Waals surface area contributed by atoms with Gasteiger partial charge >= 0.3 is 0 Å². The van der Waals surface area contributed by atoms with Gasteiger partial charge in [-0.15, -0.1) is 0 Å². The van der Waals surface area contributed by atoms with Crippen LogP contribution >= 0.6 is 23.2 Å². The number of sulfonamides is 1. The number of carbonyl (C=O) groups is 1. The van der Waals surface area contributed by atoms with E-state index in [9.17, 15) is 13.2 Å². The third-order valence-electron chi connectivity index (χ3n) is 3.42. The molecule has 2 N–H and O–H groups in total. The molecule has 0 aliphatic rings. The molecule has 0 saturated heterocycles. The second-order valence-corrected chi connectivity index (χ2v) is 7.87. The minimum absolute atomic E-state index is 0.00304. The van der Waals surface area contributed by atoms with Gasteiger partial charge in [-0.3, -0.25) is 9.52 Å². The van der Waals surface area contributed by atoms with E-state index in [1.807, 2.05) is 6.92 Å². The largest absolute Gasteiger partial charge is 0.352 e. The summed E-state index contributed by atoms with van der Waals surface area (Å²) >= 11 is 11.7. The maximum absolute atomic E-state index is 12.4. The van der Waals surface area contributed by atoms with Gasteiger partial charge in [0.05, 0.1) is 14.9 Å². The van der Waals surface area contributed by atoms with E-state index in [0.29, 0.717) is 17.8 Å². The third kappa shape index (κ3) is 5.36. The van der Waals surface area contributed by atoms with E-state index in [1.165, 1.54) is 30.3 Å². The van der Waals surface area contributed by atoms with Crippen LogP contribution < -0.4 is 10.0 Å². The van der Waals surface area contributed by atoms with E-state index in [0.717, 1.165) is 12.8 Å². The summed E-state index contributed by atoms with van der Waals surface area (Å²) in [6.07, 6.45) is 1.91. The van der Waals surface area contributed by atoms with Crippen LogP contribution in [0.1, 0.15) is 30.1 Å². The van der Waals surface area contributed by atoms with Crippen molar-refractivity contribution in [3.05, 3.63) is 58.1 Å². The Balaban J connectivity index is 2.09. The fourth-order valence-electron chi connectivity index (χ4n) is 2.03. The summed E-state index contributed by atoms with van der Waals surface area (Å²) in [6.45, 7) is 2.65. The highest BCUT2D eigenvalue weighted by molar-refractivity contribution is 7.92. The molecule has 2 rings (SSSR count). The lowest BCUT2D eigenvalue weighted by Gasteiger charge is -2.10. The highest BCUT2D eigenvalue weighted by Crippen LogP contribution is 2.26. The van der Waals surface area contributed by atoms with Crippen molar-refractivity contribution in [3.63, 3.8) is 0 Å². The van der Waals surface area contributed by atoms with Gasteiger partial charge in [0.25, 0.3) is 15.9 Å². The van der Waals surface area contributed by atoms with Gasteiger partial charge in [-0.25, -0.2) is 8.42 Å². The van der Waals surface area contributed by atoms with Crippen LogP contribution in [0.5, 0.6) is 0 Å². The van der Waals surface area contributed by atoms with Crippen LogP contribution in [0.2, 0.25) is 10.0 Å². The highest BCUT2D eigenvalue weighted by Gasteiger charge is 2.16. The summed E-state index contributed by atoms with van der Waals surface area (Å²) in [4.78, 5) is 11.9. The molecule has 0 unspecified atom stereocenters. The fraction of sp³-hybridized carbons (Fsp3) is 0.235. The first kappa shape index (κ1) is 19.6.